The van der Waals surface area contributed by atoms with E-state index in [4.69, 9.17) is 0 Å². The fourth-order valence-corrected chi connectivity index (χ4v) is 2.18. The van der Waals surface area contributed by atoms with Gasteiger partial charge in [0.05, 0.1) is 0 Å². The number of hydrogen-bond acceptors (Lipinski definition) is 2. The lowest BCUT2D eigenvalue weighted by Crippen LogP contribution is -2.13. The number of rotatable bonds is 3. The average molecular weight is 316 g/mol. The van der Waals surface area contributed by atoms with Crippen LogP contribution in [-0.4, -0.2) is 0 Å². The Morgan fingerprint density at radius 2 is 1.83 bits per heavy atom. The van der Waals surface area contributed by atoms with Crippen LogP contribution in [0.4, 0.5) is 4.39 Å². The summed E-state index contributed by atoms with van der Waals surface area (Å²) in [6, 6.07) is 16.4. The number of benzene rings is 2. The summed E-state index contributed by atoms with van der Waals surface area (Å²) in [7, 11) is 0. The molecule has 1 N–H and O–H groups in total. The molecule has 0 amide bonds. The first-order valence-electron chi connectivity index (χ1n) is 7.42. The Bertz CT molecular complexity index is 871. The average Bonchev–Trinajstić information content (AvgIpc) is 2.58. The standard InChI is InChI=1S/C21H17FN2/c1-15(12-13-18-9-5-4-6-10-18)20(14-23)24-17(3)21-16(2)8-7-11-19(21)22/h4-11,24H,3H2,1-2H3/b20-15+. The molecule has 0 unspecified atom stereocenters. The smallest absolute Gasteiger partial charge is 0.132 e. The summed E-state index contributed by atoms with van der Waals surface area (Å²) in [5.74, 6) is 5.56. The van der Waals surface area contributed by atoms with E-state index in [9.17, 15) is 9.65 Å². The molecule has 2 aromatic carbocycles. The van der Waals surface area contributed by atoms with Crippen LogP contribution in [0, 0.1) is 35.9 Å². The summed E-state index contributed by atoms with van der Waals surface area (Å²) in [4.78, 5) is 0. The van der Waals surface area contributed by atoms with Gasteiger partial charge in [-0.2, -0.15) is 5.26 Å². The van der Waals surface area contributed by atoms with E-state index < -0.39 is 0 Å². The second-order valence-electron chi connectivity index (χ2n) is 5.26. The maximum absolute atomic E-state index is 14.0. The molecule has 118 valence electrons. The highest BCUT2D eigenvalue weighted by molar-refractivity contribution is 5.68. The highest BCUT2D eigenvalue weighted by atomic mass is 19.1. The van der Waals surface area contributed by atoms with E-state index in [0.29, 0.717) is 16.8 Å². The summed E-state index contributed by atoms with van der Waals surface area (Å²) >= 11 is 0. The van der Waals surface area contributed by atoms with E-state index in [0.717, 1.165) is 11.1 Å². The number of nitriles is 1. The Hall–Kier alpha value is -3.30. The summed E-state index contributed by atoms with van der Waals surface area (Å²) in [5, 5.41) is 12.2. The molecule has 0 radical (unpaired) electrons. The van der Waals surface area contributed by atoms with Crippen molar-refractivity contribution >= 4 is 5.70 Å². The number of aryl methyl sites for hydroxylation is 1. The van der Waals surface area contributed by atoms with Crippen molar-refractivity contribution in [3.05, 3.63) is 88.9 Å². The fourth-order valence-electron chi connectivity index (χ4n) is 2.18. The predicted molar refractivity (Wildman–Crippen MR) is 94.9 cm³/mol. The summed E-state index contributed by atoms with van der Waals surface area (Å²) < 4.78 is 14.0. The van der Waals surface area contributed by atoms with Gasteiger partial charge >= 0.3 is 0 Å². The second kappa shape index (κ2) is 7.81. The van der Waals surface area contributed by atoms with Crippen molar-refractivity contribution in [2.24, 2.45) is 0 Å². The lowest BCUT2D eigenvalue weighted by molar-refractivity contribution is 0.621. The van der Waals surface area contributed by atoms with Crippen molar-refractivity contribution in [2.45, 2.75) is 13.8 Å². The van der Waals surface area contributed by atoms with Gasteiger partial charge in [-0.25, -0.2) is 4.39 Å². The van der Waals surface area contributed by atoms with Crippen molar-refractivity contribution in [3.63, 3.8) is 0 Å². The first-order chi connectivity index (χ1) is 11.5. The fraction of sp³-hybridized carbons (Fsp3) is 0.0952. The molecule has 0 fully saturated rings. The van der Waals surface area contributed by atoms with Gasteiger partial charge in [-0.05, 0) is 37.6 Å². The SMILES string of the molecule is C=C(N/C(C#N)=C(\C)C#Cc1ccccc1)c1c(C)cccc1F. The van der Waals surface area contributed by atoms with Crippen LogP contribution in [0.25, 0.3) is 5.70 Å². The van der Waals surface area contributed by atoms with Crippen molar-refractivity contribution in [1.29, 1.82) is 5.26 Å². The van der Waals surface area contributed by atoms with E-state index in [-0.39, 0.29) is 11.5 Å². The van der Waals surface area contributed by atoms with Crippen LogP contribution in [0.1, 0.15) is 23.6 Å². The molecule has 0 aliphatic heterocycles. The van der Waals surface area contributed by atoms with Crippen molar-refractivity contribution in [1.82, 2.24) is 5.32 Å². The molecular weight excluding hydrogens is 299 g/mol. The molecule has 2 nitrogen and oxygen atoms in total. The largest absolute Gasteiger partial charge is 0.346 e. The number of hydrogen-bond donors (Lipinski definition) is 1. The maximum atomic E-state index is 14.0. The van der Waals surface area contributed by atoms with Gasteiger partial charge in [0.1, 0.15) is 17.6 Å². The number of nitrogens with one attached hydrogen (secondary N) is 1. The minimum Gasteiger partial charge on any atom is -0.346 e. The molecule has 0 aliphatic carbocycles. The molecule has 3 heteroatoms. The summed E-state index contributed by atoms with van der Waals surface area (Å²) in [6.45, 7) is 7.38. The Labute approximate surface area is 142 Å². The van der Waals surface area contributed by atoms with E-state index in [1.54, 1.807) is 26.0 Å². The van der Waals surface area contributed by atoms with Crippen LogP contribution in [-0.2, 0) is 0 Å². The van der Waals surface area contributed by atoms with Crippen molar-refractivity contribution in [2.75, 3.05) is 0 Å². The molecule has 0 spiro atoms. The second-order valence-corrected chi connectivity index (χ2v) is 5.26. The molecule has 2 rings (SSSR count). The Balaban J connectivity index is 2.27. The van der Waals surface area contributed by atoms with Crippen LogP contribution in [0.15, 0.2) is 66.4 Å². The predicted octanol–water partition coefficient (Wildman–Crippen LogP) is 4.54. The molecule has 0 atom stereocenters. The van der Waals surface area contributed by atoms with E-state index in [2.05, 4.69) is 29.8 Å². The van der Waals surface area contributed by atoms with E-state index in [1.807, 2.05) is 30.3 Å². The Morgan fingerprint density at radius 3 is 2.46 bits per heavy atom. The van der Waals surface area contributed by atoms with Crippen LogP contribution in [0.5, 0.6) is 0 Å². The highest BCUT2D eigenvalue weighted by Gasteiger charge is 2.11. The lowest BCUT2D eigenvalue weighted by Gasteiger charge is -2.12. The van der Waals surface area contributed by atoms with Gasteiger partial charge < -0.3 is 5.32 Å². The van der Waals surface area contributed by atoms with Gasteiger partial charge in [-0.15, -0.1) is 0 Å². The summed E-state index contributed by atoms with van der Waals surface area (Å²) in [6.07, 6.45) is 0. The first kappa shape index (κ1) is 17.1. The zero-order valence-corrected chi connectivity index (χ0v) is 13.7. The van der Waals surface area contributed by atoms with Crippen molar-refractivity contribution < 1.29 is 4.39 Å². The highest BCUT2D eigenvalue weighted by Crippen LogP contribution is 2.20. The third kappa shape index (κ3) is 4.12. The van der Waals surface area contributed by atoms with Crippen molar-refractivity contribution in [3.8, 4) is 17.9 Å². The lowest BCUT2D eigenvalue weighted by atomic mass is 10.1. The minimum atomic E-state index is -0.377. The quantitative estimate of drug-likeness (QED) is 0.666. The molecule has 0 aliphatic rings. The molecule has 0 bridgehead atoms. The molecular formula is C21H17FN2. The van der Waals surface area contributed by atoms with Crippen LogP contribution in [0.3, 0.4) is 0 Å². The number of nitrogens with zero attached hydrogens (tertiary/aromatic N) is 1. The Morgan fingerprint density at radius 1 is 1.12 bits per heavy atom. The number of allylic oxidation sites excluding steroid dienone is 2. The van der Waals surface area contributed by atoms with Gasteiger partial charge in [0.2, 0.25) is 0 Å². The van der Waals surface area contributed by atoms with Gasteiger partial charge in [-0.1, -0.05) is 48.8 Å². The molecule has 0 saturated carbocycles. The zero-order valence-electron chi connectivity index (χ0n) is 13.7. The third-order valence-electron chi connectivity index (χ3n) is 3.45. The normalized spacial score (nSPS) is 10.8. The van der Waals surface area contributed by atoms with E-state index >= 15 is 0 Å². The molecule has 0 aromatic heterocycles. The maximum Gasteiger partial charge on any atom is 0.132 e. The monoisotopic (exact) mass is 316 g/mol. The van der Waals surface area contributed by atoms with E-state index in [1.165, 1.54) is 6.07 Å². The van der Waals surface area contributed by atoms with Gasteiger partial charge in [0, 0.05) is 22.4 Å². The van der Waals surface area contributed by atoms with Gasteiger partial charge in [0.15, 0.2) is 0 Å². The molecule has 24 heavy (non-hydrogen) atoms. The minimum absolute atomic E-state index is 0.256. The first-order valence-corrected chi connectivity index (χ1v) is 7.42. The topological polar surface area (TPSA) is 35.8 Å². The zero-order chi connectivity index (χ0) is 17.5. The molecule has 0 heterocycles. The molecule has 0 saturated heterocycles. The third-order valence-corrected chi connectivity index (χ3v) is 3.45. The summed E-state index contributed by atoms with van der Waals surface area (Å²) in [5.41, 5.74) is 3.13. The van der Waals surface area contributed by atoms with Crippen LogP contribution >= 0.6 is 0 Å². The van der Waals surface area contributed by atoms with Crippen LogP contribution < -0.4 is 5.32 Å². The Kier molecular flexibility index (Phi) is 5.55. The van der Waals surface area contributed by atoms with Gasteiger partial charge in [0.25, 0.3) is 0 Å². The van der Waals surface area contributed by atoms with Gasteiger partial charge in [-0.3, -0.25) is 0 Å². The van der Waals surface area contributed by atoms with Crippen LogP contribution in [0.2, 0.25) is 0 Å². The number of halogens is 1. The molecule has 2 aromatic rings.